The van der Waals surface area contributed by atoms with Crippen molar-refractivity contribution >= 4 is 0 Å². The monoisotopic (exact) mass is 264 g/mol. The molecule has 1 aliphatic carbocycles. The zero-order chi connectivity index (χ0) is 13.7. The van der Waals surface area contributed by atoms with Crippen LogP contribution in [0.25, 0.3) is 0 Å². The van der Waals surface area contributed by atoms with E-state index < -0.39 is 0 Å². The Bertz CT molecular complexity index is 372. The van der Waals surface area contributed by atoms with Gasteiger partial charge in [0, 0.05) is 6.54 Å². The van der Waals surface area contributed by atoms with Crippen LogP contribution in [0.4, 0.5) is 0 Å². The second-order valence-corrected chi connectivity index (χ2v) is 6.79. The summed E-state index contributed by atoms with van der Waals surface area (Å²) in [7, 11) is 0. The molecule has 2 rings (SSSR count). The molecule has 0 atom stereocenters. The van der Waals surface area contributed by atoms with Crippen molar-refractivity contribution in [3.05, 3.63) is 11.9 Å². The third kappa shape index (κ3) is 4.60. The number of nitrogens with zero attached hydrogens (tertiary/aromatic N) is 3. The lowest BCUT2D eigenvalue weighted by Gasteiger charge is -2.17. The molecule has 1 saturated carbocycles. The highest BCUT2D eigenvalue weighted by molar-refractivity contribution is 4.93. The molecule has 1 fully saturated rings. The number of hydrogen-bond donors (Lipinski definition) is 1. The van der Waals surface area contributed by atoms with E-state index in [0.29, 0.717) is 0 Å². The quantitative estimate of drug-likeness (QED) is 0.803. The minimum atomic E-state index is 0.0216. The first-order valence-electron chi connectivity index (χ1n) is 7.68. The Hall–Kier alpha value is -0.900. The topological polar surface area (TPSA) is 42.7 Å². The van der Waals surface area contributed by atoms with Crippen molar-refractivity contribution in [1.29, 1.82) is 0 Å². The standard InChI is InChI=1S/C15H28N4/c1-15(2,3)19-12-14(17-18-19)11-16-10-6-9-13-7-4-5-8-13/h12-13,16H,4-11H2,1-3H3. The first-order valence-corrected chi connectivity index (χ1v) is 7.68. The number of nitrogens with one attached hydrogen (secondary N) is 1. The highest BCUT2D eigenvalue weighted by atomic mass is 15.4. The number of hydrogen-bond acceptors (Lipinski definition) is 3. The van der Waals surface area contributed by atoms with E-state index in [0.717, 1.165) is 24.7 Å². The van der Waals surface area contributed by atoms with Crippen molar-refractivity contribution in [2.75, 3.05) is 6.54 Å². The molecule has 0 saturated heterocycles. The fourth-order valence-corrected chi connectivity index (χ4v) is 2.74. The van der Waals surface area contributed by atoms with Crippen LogP contribution in [-0.2, 0) is 12.1 Å². The van der Waals surface area contributed by atoms with Gasteiger partial charge in [-0.1, -0.05) is 30.9 Å². The molecular formula is C15H28N4. The van der Waals surface area contributed by atoms with Gasteiger partial charge in [-0.2, -0.15) is 0 Å². The van der Waals surface area contributed by atoms with Crippen LogP contribution in [0.1, 0.15) is 65.0 Å². The molecule has 0 bridgehead atoms. The molecule has 0 unspecified atom stereocenters. The van der Waals surface area contributed by atoms with E-state index in [1.54, 1.807) is 0 Å². The molecule has 1 aliphatic rings. The van der Waals surface area contributed by atoms with E-state index >= 15 is 0 Å². The van der Waals surface area contributed by atoms with E-state index in [2.05, 4.69) is 36.4 Å². The summed E-state index contributed by atoms with van der Waals surface area (Å²) in [5.41, 5.74) is 1.06. The van der Waals surface area contributed by atoms with Gasteiger partial charge in [0.05, 0.1) is 17.4 Å². The summed E-state index contributed by atoms with van der Waals surface area (Å²) in [5, 5.41) is 11.9. The van der Waals surface area contributed by atoms with Crippen LogP contribution in [-0.4, -0.2) is 21.5 Å². The zero-order valence-corrected chi connectivity index (χ0v) is 12.7. The van der Waals surface area contributed by atoms with Gasteiger partial charge in [-0.3, -0.25) is 0 Å². The van der Waals surface area contributed by atoms with Crippen molar-refractivity contribution in [3.8, 4) is 0 Å². The van der Waals surface area contributed by atoms with E-state index in [4.69, 9.17) is 0 Å². The fourth-order valence-electron chi connectivity index (χ4n) is 2.74. The maximum Gasteiger partial charge on any atom is 0.0965 e. The maximum atomic E-state index is 4.21. The van der Waals surface area contributed by atoms with Crippen molar-refractivity contribution in [2.45, 2.75) is 71.4 Å². The molecule has 0 spiro atoms. The van der Waals surface area contributed by atoms with Crippen LogP contribution in [0.15, 0.2) is 6.20 Å². The summed E-state index contributed by atoms with van der Waals surface area (Å²) < 4.78 is 1.93. The Kier molecular flexibility index (Phi) is 4.97. The lowest BCUT2D eigenvalue weighted by Crippen LogP contribution is -2.22. The Morgan fingerprint density at radius 3 is 2.68 bits per heavy atom. The van der Waals surface area contributed by atoms with Gasteiger partial charge in [-0.05, 0) is 46.1 Å². The molecule has 0 radical (unpaired) electrons. The van der Waals surface area contributed by atoms with Gasteiger partial charge in [-0.15, -0.1) is 5.10 Å². The molecule has 1 heterocycles. The predicted molar refractivity (Wildman–Crippen MR) is 77.9 cm³/mol. The van der Waals surface area contributed by atoms with Gasteiger partial charge >= 0.3 is 0 Å². The summed E-state index contributed by atoms with van der Waals surface area (Å²) in [6, 6.07) is 0. The van der Waals surface area contributed by atoms with Crippen LogP contribution in [0.2, 0.25) is 0 Å². The van der Waals surface area contributed by atoms with E-state index in [1.165, 1.54) is 38.5 Å². The fraction of sp³-hybridized carbons (Fsp3) is 0.867. The summed E-state index contributed by atoms with van der Waals surface area (Å²) in [6.07, 6.45) is 10.5. The van der Waals surface area contributed by atoms with Crippen molar-refractivity contribution in [1.82, 2.24) is 20.3 Å². The summed E-state index contributed by atoms with van der Waals surface area (Å²) in [6.45, 7) is 8.35. The summed E-state index contributed by atoms with van der Waals surface area (Å²) >= 11 is 0. The highest BCUT2D eigenvalue weighted by Gasteiger charge is 2.15. The van der Waals surface area contributed by atoms with Crippen LogP contribution in [0, 0.1) is 5.92 Å². The second-order valence-electron chi connectivity index (χ2n) is 6.79. The first-order chi connectivity index (χ1) is 9.05. The lowest BCUT2D eigenvalue weighted by molar-refractivity contribution is 0.347. The SMILES string of the molecule is CC(C)(C)n1cc(CNCCCC2CCCC2)nn1. The molecule has 1 aromatic heterocycles. The lowest BCUT2D eigenvalue weighted by atomic mass is 10.0. The second kappa shape index (κ2) is 6.51. The molecule has 108 valence electrons. The largest absolute Gasteiger partial charge is 0.311 e. The van der Waals surface area contributed by atoms with Gasteiger partial charge in [0.1, 0.15) is 0 Å². The molecule has 1 aromatic rings. The average Bonchev–Trinajstić information content (AvgIpc) is 2.97. The molecule has 0 aromatic carbocycles. The van der Waals surface area contributed by atoms with Crippen LogP contribution < -0.4 is 5.32 Å². The molecule has 4 heteroatoms. The molecule has 19 heavy (non-hydrogen) atoms. The Balaban J connectivity index is 1.61. The van der Waals surface area contributed by atoms with Gasteiger partial charge in [0.2, 0.25) is 0 Å². The molecular weight excluding hydrogens is 236 g/mol. The number of rotatable bonds is 6. The molecule has 0 amide bonds. The number of aromatic nitrogens is 3. The summed E-state index contributed by atoms with van der Waals surface area (Å²) in [4.78, 5) is 0. The average molecular weight is 264 g/mol. The third-order valence-electron chi connectivity index (χ3n) is 3.97. The summed E-state index contributed by atoms with van der Waals surface area (Å²) in [5.74, 6) is 1.00. The predicted octanol–water partition coefficient (Wildman–Crippen LogP) is 3.09. The molecule has 4 nitrogen and oxygen atoms in total. The van der Waals surface area contributed by atoms with Crippen molar-refractivity contribution in [2.24, 2.45) is 5.92 Å². The minimum absolute atomic E-state index is 0.0216. The highest BCUT2D eigenvalue weighted by Crippen LogP contribution is 2.28. The van der Waals surface area contributed by atoms with E-state index in [1.807, 2.05) is 10.9 Å². The van der Waals surface area contributed by atoms with Gasteiger partial charge in [-0.25, -0.2) is 4.68 Å². The van der Waals surface area contributed by atoms with Crippen molar-refractivity contribution < 1.29 is 0 Å². The first kappa shape index (κ1) is 14.5. The third-order valence-corrected chi connectivity index (χ3v) is 3.97. The van der Waals surface area contributed by atoms with Gasteiger partial charge in [0.15, 0.2) is 0 Å². The smallest absolute Gasteiger partial charge is 0.0965 e. The van der Waals surface area contributed by atoms with Gasteiger partial charge in [0.25, 0.3) is 0 Å². The van der Waals surface area contributed by atoms with E-state index in [9.17, 15) is 0 Å². The normalized spacial score (nSPS) is 17.2. The Labute approximate surface area is 117 Å². The maximum absolute atomic E-state index is 4.21. The van der Waals surface area contributed by atoms with E-state index in [-0.39, 0.29) is 5.54 Å². The Morgan fingerprint density at radius 2 is 2.05 bits per heavy atom. The molecule has 0 aliphatic heterocycles. The minimum Gasteiger partial charge on any atom is -0.311 e. The van der Waals surface area contributed by atoms with Crippen molar-refractivity contribution in [3.63, 3.8) is 0 Å². The Morgan fingerprint density at radius 1 is 1.32 bits per heavy atom. The zero-order valence-electron chi connectivity index (χ0n) is 12.7. The van der Waals surface area contributed by atoms with Crippen LogP contribution >= 0.6 is 0 Å². The molecule has 1 N–H and O–H groups in total. The van der Waals surface area contributed by atoms with Crippen LogP contribution in [0.3, 0.4) is 0 Å². The van der Waals surface area contributed by atoms with Crippen LogP contribution in [0.5, 0.6) is 0 Å². The van der Waals surface area contributed by atoms with Gasteiger partial charge < -0.3 is 5.32 Å².